The second-order valence-electron chi connectivity index (χ2n) is 2.77. The van der Waals surface area contributed by atoms with E-state index in [4.69, 9.17) is 14.2 Å². The summed E-state index contributed by atoms with van der Waals surface area (Å²) < 4.78 is 14.4. The van der Waals surface area contributed by atoms with E-state index in [1.54, 1.807) is 7.11 Å². The number of epoxide rings is 2. The van der Waals surface area contributed by atoms with E-state index in [1.165, 1.54) is 6.42 Å². The van der Waals surface area contributed by atoms with Gasteiger partial charge in [0, 0.05) is 7.11 Å². The summed E-state index contributed by atoms with van der Waals surface area (Å²) in [4.78, 5) is 0. The highest BCUT2D eigenvalue weighted by Crippen LogP contribution is 2.10. The Hall–Kier alpha value is -0.120. The third-order valence-electron chi connectivity index (χ3n) is 1.61. The molecule has 0 aromatic carbocycles. The smallest absolute Gasteiger partial charge is 0.104 e. The van der Waals surface area contributed by atoms with Gasteiger partial charge in [-0.15, -0.1) is 0 Å². The molecule has 0 bridgehead atoms. The Morgan fingerprint density at radius 1 is 1.15 bits per heavy atom. The molecule has 2 rings (SSSR count). The predicted octanol–water partition coefficient (Wildman–Crippen LogP) is 2.10. The molecule has 2 heterocycles. The largest absolute Gasteiger partial charge is 0.382 e. The van der Waals surface area contributed by atoms with Gasteiger partial charge in [-0.05, 0) is 6.42 Å². The van der Waals surface area contributed by atoms with Gasteiger partial charge in [0.1, 0.15) is 6.10 Å². The molecule has 2 aliphatic rings. The van der Waals surface area contributed by atoms with E-state index in [1.807, 2.05) is 0 Å². The molecule has 2 unspecified atom stereocenters. The third kappa shape index (κ3) is 9.80. The fraction of sp³-hybridized carbons (Fsp3) is 1.00. The Kier molecular flexibility index (Phi) is 10.0. The fourth-order valence-electron chi connectivity index (χ4n) is 0.654. The van der Waals surface area contributed by atoms with Gasteiger partial charge in [0.25, 0.3) is 0 Å². The SMILES string of the molecule is C.C.CCC1CO1.COCC1CO1. The molecule has 2 atom stereocenters. The van der Waals surface area contributed by atoms with Gasteiger partial charge in [-0.1, -0.05) is 21.8 Å². The van der Waals surface area contributed by atoms with Crippen molar-refractivity contribution < 1.29 is 14.2 Å². The van der Waals surface area contributed by atoms with Gasteiger partial charge >= 0.3 is 0 Å². The highest BCUT2D eigenvalue weighted by molar-refractivity contribution is 4.66. The first kappa shape index (κ1) is 15.4. The molecule has 0 amide bonds. The molecule has 3 nitrogen and oxygen atoms in total. The Balaban J connectivity index is 0. The molecule has 2 saturated heterocycles. The first-order valence-electron chi connectivity index (χ1n) is 4.09. The summed E-state index contributed by atoms with van der Waals surface area (Å²) in [5.41, 5.74) is 0. The number of hydrogen-bond acceptors (Lipinski definition) is 3. The van der Waals surface area contributed by atoms with E-state index >= 15 is 0 Å². The van der Waals surface area contributed by atoms with Crippen LogP contribution in [0, 0.1) is 0 Å². The van der Waals surface area contributed by atoms with Crippen LogP contribution in [0.25, 0.3) is 0 Å². The van der Waals surface area contributed by atoms with Gasteiger partial charge in [-0.2, -0.15) is 0 Å². The van der Waals surface area contributed by atoms with Crippen molar-refractivity contribution >= 4 is 0 Å². The topological polar surface area (TPSA) is 34.3 Å². The summed E-state index contributed by atoms with van der Waals surface area (Å²) >= 11 is 0. The average Bonchev–Trinajstić information content (AvgIpc) is 2.87. The van der Waals surface area contributed by atoms with E-state index in [0.29, 0.717) is 12.2 Å². The number of hydrogen-bond donors (Lipinski definition) is 0. The van der Waals surface area contributed by atoms with Crippen molar-refractivity contribution in [2.75, 3.05) is 26.9 Å². The van der Waals surface area contributed by atoms with Crippen LogP contribution in [0.5, 0.6) is 0 Å². The fourth-order valence-corrected chi connectivity index (χ4v) is 0.654. The Bertz CT molecular complexity index is 98.3. The number of ether oxygens (including phenoxy) is 3. The molecule has 3 heteroatoms. The lowest BCUT2D eigenvalue weighted by Gasteiger charge is -1.84. The summed E-state index contributed by atoms with van der Waals surface area (Å²) in [7, 11) is 1.68. The molecule has 0 saturated carbocycles. The van der Waals surface area contributed by atoms with Gasteiger partial charge in [-0.3, -0.25) is 0 Å². The lowest BCUT2D eigenvalue weighted by molar-refractivity contribution is 0.171. The Morgan fingerprint density at radius 2 is 1.62 bits per heavy atom. The molecule has 0 radical (unpaired) electrons. The van der Waals surface area contributed by atoms with Crippen LogP contribution in [0.2, 0.25) is 0 Å². The molecular weight excluding hydrogens is 168 g/mol. The zero-order chi connectivity index (χ0) is 8.10. The van der Waals surface area contributed by atoms with Crippen LogP contribution in [0.3, 0.4) is 0 Å². The maximum Gasteiger partial charge on any atom is 0.104 e. The van der Waals surface area contributed by atoms with Crippen LogP contribution in [-0.2, 0) is 14.2 Å². The van der Waals surface area contributed by atoms with Crippen molar-refractivity contribution in [3.05, 3.63) is 0 Å². The summed E-state index contributed by atoms with van der Waals surface area (Å²) in [6.07, 6.45) is 2.25. The van der Waals surface area contributed by atoms with Gasteiger partial charge in [0.05, 0.1) is 25.9 Å². The summed E-state index contributed by atoms with van der Waals surface area (Å²) in [6, 6.07) is 0. The van der Waals surface area contributed by atoms with Crippen molar-refractivity contribution in [3.8, 4) is 0 Å². The average molecular weight is 192 g/mol. The van der Waals surface area contributed by atoms with Crippen LogP contribution in [-0.4, -0.2) is 39.1 Å². The molecule has 2 fully saturated rings. The predicted molar refractivity (Wildman–Crippen MR) is 55.1 cm³/mol. The van der Waals surface area contributed by atoms with Gasteiger partial charge < -0.3 is 14.2 Å². The lowest BCUT2D eigenvalue weighted by atomic mass is 10.4. The van der Waals surface area contributed by atoms with Crippen LogP contribution >= 0.6 is 0 Å². The number of rotatable bonds is 3. The summed E-state index contributed by atoms with van der Waals surface area (Å²) in [5, 5.41) is 0. The van der Waals surface area contributed by atoms with Crippen molar-refractivity contribution in [2.24, 2.45) is 0 Å². The normalized spacial score (nSPS) is 27.2. The molecule has 13 heavy (non-hydrogen) atoms. The van der Waals surface area contributed by atoms with Crippen LogP contribution in [0.4, 0.5) is 0 Å². The van der Waals surface area contributed by atoms with Crippen LogP contribution in [0.15, 0.2) is 0 Å². The van der Waals surface area contributed by atoms with Crippen molar-refractivity contribution in [3.63, 3.8) is 0 Å². The van der Waals surface area contributed by atoms with Crippen molar-refractivity contribution in [1.29, 1.82) is 0 Å². The van der Waals surface area contributed by atoms with Crippen molar-refractivity contribution in [1.82, 2.24) is 0 Å². The summed E-state index contributed by atoms with van der Waals surface area (Å²) in [5.74, 6) is 0. The second kappa shape index (κ2) is 8.48. The zero-order valence-corrected chi connectivity index (χ0v) is 7.21. The van der Waals surface area contributed by atoms with E-state index in [9.17, 15) is 0 Å². The molecule has 0 spiro atoms. The Morgan fingerprint density at radius 3 is 1.69 bits per heavy atom. The molecule has 0 N–H and O–H groups in total. The van der Waals surface area contributed by atoms with Gasteiger partial charge in [0.2, 0.25) is 0 Å². The van der Waals surface area contributed by atoms with Crippen LogP contribution < -0.4 is 0 Å². The monoisotopic (exact) mass is 192 g/mol. The minimum atomic E-state index is 0. The van der Waals surface area contributed by atoms with E-state index in [-0.39, 0.29) is 14.9 Å². The maximum atomic E-state index is 4.86. The maximum absolute atomic E-state index is 4.86. The van der Waals surface area contributed by atoms with E-state index in [2.05, 4.69) is 6.92 Å². The molecule has 0 aromatic rings. The standard InChI is InChI=1S/C4H8O2.C4H8O.2CH4/c1-5-2-4-3-6-4;1-2-4-3-5-4;;/h4H,2-3H2,1H3;4H,2-3H2,1H3;2*1H4. The first-order chi connectivity index (χ1) is 5.36. The third-order valence-corrected chi connectivity index (χ3v) is 1.61. The minimum absolute atomic E-state index is 0. The van der Waals surface area contributed by atoms with Gasteiger partial charge in [0.15, 0.2) is 0 Å². The van der Waals surface area contributed by atoms with Crippen LogP contribution in [0.1, 0.15) is 28.2 Å². The number of methoxy groups -OCH3 is 1. The molecule has 2 aliphatic heterocycles. The molecule has 82 valence electrons. The quantitative estimate of drug-likeness (QED) is 0.642. The highest BCUT2D eigenvalue weighted by Gasteiger charge is 2.21. The summed E-state index contributed by atoms with van der Waals surface area (Å²) in [6.45, 7) is 4.81. The highest BCUT2D eigenvalue weighted by atomic mass is 16.6. The Labute approximate surface area is 82.4 Å². The van der Waals surface area contributed by atoms with E-state index in [0.717, 1.165) is 19.8 Å². The molecule has 0 aromatic heterocycles. The second-order valence-corrected chi connectivity index (χ2v) is 2.77. The van der Waals surface area contributed by atoms with Gasteiger partial charge in [-0.25, -0.2) is 0 Å². The van der Waals surface area contributed by atoms with E-state index < -0.39 is 0 Å². The minimum Gasteiger partial charge on any atom is -0.382 e. The first-order valence-corrected chi connectivity index (χ1v) is 4.09. The molecular formula is C10H24O3. The molecule has 0 aliphatic carbocycles. The van der Waals surface area contributed by atoms with Crippen molar-refractivity contribution in [2.45, 2.75) is 40.4 Å². The zero-order valence-electron chi connectivity index (χ0n) is 7.21. The lowest BCUT2D eigenvalue weighted by Crippen LogP contribution is -1.94.